The Labute approximate surface area is 128 Å². The highest BCUT2D eigenvalue weighted by atomic mass is 32.2. The second kappa shape index (κ2) is 6.80. The van der Waals surface area contributed by atoms with Crippen molar-refractivity contribution in [1.29, 1.82) is 0 Å². The summed E-state index contributed by atoms with van der Waals surface area (Å²) < 4.78 is 0. The summed E-state index contributed by atoms with van der Waals surface area (Å²) in [4.78, 5) is 25.0. The highest BCUT2D eigenvalue weighted by molar-refractivity contribution is 7.99. The maximum Gasteiger partial charge on any atom is 0.328 e. The van der Waals surface area contributed by atoms with E-state index in [1.165, 1.54) is 6.08 Å². The molecule has 5 heteroatoms. The van der Waals surface area contributed by atoms with Crippen molar-refractivity contribution in [2.75, 3.05) is 18.6 Å². The Bertz CT molecular complexity index is 577. The number of carbonyl (C=O) groups is 2. The predicted octanol–water partition coefficient (Wildman–Crippen LogP) is 2.67. The number of nitrogens with zero attached hydrogens (tertiary/aromatic N) is 1. The fourth-order valence-electron chi connectivity index (χ4n) is 2.32. The third-order valence-corrected chi connectivity index (χ3v) is 4.83. The number of hydrogen-bond acceptors (Lipinski definition) is 3. The first kappa shape index (κ1) is 15.6. The van der Waals surface area contributed by atoms with Gasteiger partial charge in [-0.3, -0.25) is 4.79 Å². The van der Waals surface area contributed by atoms with E-state index < -0.39 is 5.97 Å². The zero-order valence-corrected chi connectivity index (χ0v) is 13.0. The van der Waals surface area contributed by atoms with E-state index in [2.05, 4.69) is 0 Å². The zero-order chi connectivity index (χ0) is 15.4. The summed E-state index contributed by atoms with van der Waals surface area (Å²) in [6.07, 6.45) is 3.62. The fourth-order valence-corrected chi connectivity index (χ4v) is 3.59. The molecule has 0 aromatic heterocycles. The van der Waals surface area contributed by atoms with Crippen molar-refractivity contribution in [2.45, 2.75) is 19.4 Å². The molecule has 0 aliphatic carbocycles. The molecule has 1 amide bonds. The Morgan fingerprint density at radius 1 is 1.43 bits per heavy atom. The fraction of sp³-hybridized carbons (Fsp3) is 0.375. The SMILES string of the molecule is Cc1ccc(C=CC(=O)O)cc1C(=O)N(C)C1CCSC1. The van der Waals surface area contributed by atoms with Gasteiger partial charge < -0.3 is 10.0 Å². The predicted molar refractivity (Wildman–Crippen MR) is 85.7 cm³/mol. The molecule has 1 atom stereocenters. The van der Waals surface area contributed by atoms with Gasteiger partial charge in [0.25, 0.3) is 5.91 Å². The van der Waals surface area contributed by atoms with E-state index in [4.69, 9.17) is 5.11 Å². The van der Waals surface area contributed by atoms with E-state index in [0.717, 1.165) is 35.1 Å². The van der Waals surface area contributed by atoms with Crippen LogP contribution < -0.4 is 0 Å². The number of carboxylic acid groups (broad SMARTS) is 1. The van der Waals surface area contributed by atoms with Crippen molar-refractivity contribution < 1.29 is 14.7 Å². The molecule has 1 fully saturated rings. The highest BCUT2D eigenvalue weighted by Gasteiger charge is 2.25. The summed E-state index contributed by atoms with van der Waals surface area (Å²) >= 11 is 1.87. The smallest absolute Gasteiger partial charge is 0.328 e. The van der Waals surface area contributed by atoms with E-state index in [0.29, 0.717) is 11.6 Å². The van der Waals surface area contributed by atoms with Crippen LogP contribution in [0.3, 0.4) is 0 Å². The number of thioether (sulfide) groups is 1. The van der Waals surface area contributed by atoms with Crippen molar-refractivity contribution in [1.82, 2.24) is 4.90 Å². The quantitative estimate of drug-likeness (QED) is 0.869. The summed E-state index contributed by atoms with van der Waals surface area (Å²) in [5.41, 5.74) is 2.27. The van der Waals surface area contributed by atoms with Crippen LogP contribution in [0.2, 0.25) is 0 Å². The van der Waals surface area contributed by atoms with Crippen molar-refractivity contribution in [3.8, 4) is 0 Å². The van der Waals surface area contributed by atoms with Crippen LogP contribution >= 0.6 is 11.8 Å². The first-order valence-corrected chi connectivity index (χ1v) is 8.01. The molecule has 1 aliphatic rings. The van der Waals surface area contributed by atoms with E-state index in [1.807, 2.05) is 42.8 Å². The minimum atomic E-state index is -0.997. The van der Waals surface area contributed by atoms with Gasteiger partial charge in [-0.1, -0.05) is 12.1 Å². The molecule has 1 saturated heterocycles. The number of benzene rings is 1. The number of aliphatic carboxylic acids is 1. The lowest BCUT2D eigenvalue weighted by Crippen LogP contribution is -2.37. The Kier molecular flexibility index (Phi) is 5.07. The number of hydrogen-bond donors (Lipinski definition) is 1. The molecule has 4 nitrogen and oxygen atoms in total. The van der Waals surface area contributed by atoms with E-state index in [-0.39, 0.29) is 5.91 Å². The summed E-state index contributed by atoms with van der Waals surface area (Å²) in [5, 5.41) is 8.68. The topological polar surface area (TPSA) is 57.6 Å². The number of rotatable bonds is 4. The first-order chi connectivity index (χ1) is 9.99. The lowest BCUT2D eigenvalue weighted by atomic mass is 10.0. The first-order valence-electron chi connectivity index (χ1n) is 6.85. The Balaban J connectivity index is 2.23. The summed E-state index contributed by atoms with van der Waals surface area (Å²) in [7, 11) is 1.85. The minimum Gasteiger partial charge on any atom is -0.478 e. The molecule has 1 aromatic rings. The van der Waals surface area contributed by atoms with Crippen molar-refractivity contribution in [2.24, 2.45) is 0 Å². The molecule has 0 radical (unpaired) electrons. The molecule has 0 saturated carbocycles. The van der Waals surface area contributed by atoms with Crippen molar-refractivity contribution >= 4 is 29.7 Å². The van der Waals surface area contributed by atoms with Gasteiger partial charge >= 0.3 is 5.97 Å². The zero-order valence-electron chi connectivity index (χ0n) is 12.2. The Morgan fingerprint density at radius 2 is 2.19 bits per heavy atom. The highest BCUT2D eigenvalue weighted by Crippen LogP contribution is 2.23. The molecule has 1 aliphatic heterocycles. The van der Waals surface area contributed by atoms with Gasteiger partial charge in [-0.05, 0) is 42.4 Å². The Morgan fingerprint density at radius 3 is 2.81 bits per heavy atom. The molecule has 21 heavy (non-hydrogen) atoms. The monoisotopic (exact) mass is 305 g/mol. The van der Waals surface area contributed by atoms with Crippen LogP contribution in [0.5, 0.6) is 0 Å². The Hall–Kier alpha value is -1.75. The van der Waals surface area contributed by atoms with Crippen LogP contribution in [-0.4, -0.2) is 46.5 Å². The summed E-state index contributed by atoms with van der Waals surface area (Å²) in [6.45, 7) is 1.90. The summed E-state index contributed by atoms with van der Waals surface area (Å²) in [6, 6.07) is 5.72. The van der Waals surface area contributed by atoms with E-state index in [1.54, 1.807) is 6.07 Å². The van der Waals surface area contributed by atoms with Gasteiger partial charge in [0.2, 0.25) is 0 Å². The standard InChI is InChI=1S/C16H19NO3S/c1-11-3-4-12(5-6-15(18)19)9-14(11)16(20)17(2)13-7-8-21-10-13/h3-6,9,13H,7-8,10H2,1-2H3,(H,18,19). The number of amides is 1. The lowest BCUT2D eigenvalue weighted by molar-refractivity contribution is -0.131. The molecule has 0 bridgehead atoms. The van der Waals surface area contributed by atoms with Gasteiger partial charge in [0, 0.05) is 30.5 Å². The molecule has 1 heterocycles. The molecule has 2 rings (SSSR count). The molecular formula is C16H19NO3S. The van der Waals surface area contributed by atoms with Crippen LogP contribution in [-0.2, 0) is 4.79 Å². The molecule has 1 unspecified atom stereocenters. The molecule has 1 N–H and O–H groups in total. The molecule has 0 spiro atoms. The average molecular weight is 305 g/mol. The van der Waals surface area contributed by atoms with Crippen LogP contribution in [0.4, 0.5) is 0 Å². The van der Waals surface area contributed by atoms with Gasteiger partial charge in [0.1, 0.15) is 0 Å². The van der Waals surface area contributed by atoms with Gasteiger partial charge in [-0.15, -0.1) is 0 Å². The second-order valence-corrected chi connectivity index (χ2v) is 6.33. The average Bonchev–Trinajstić information content (AvgIpc) is 2.99. The normalized spacial score (nSPS) is 18.1. The summed E-state index contributed by atoms with van der Waals surface area (Å²) in [5.74, 6) is 1.09. The minimum absolute atomic E-state index is 0.00516. The van der Waals surface area contributed by atoms with Crippen LogP contribution in [0.15, 0.2) is 24.3 Å². The van der Waals surface area contributed by atoms with Gasteiger partial charge in [-0.2, -0.15) is 11.8 Å². The number of aryl methyl sites for hydroxylation is 1. The van der Waals surface area contributed by atoms with Crippen molar-refractivity contribution in [3.63, 3.8) is 0 Å². The second-order valence-electron chi connectivity index (χ2n) is 5.18. The van der Waals surface area contributed by atoms with Crippen LogP contribution in [0.25, 0.3) is 6.08 Å². The largest absolute Gasteiger partial charge is 0.478 e. The van der Waals surface area contributed by atoms with Gasteiger partial charge in [0.15, 0.2) is 0 Å². The van der Waals surface area contributed by atoms with Gasteiger partial charge in [0.05, 0.1) is 0 Å². The van der Waals surface area contributed by atoms with Crippen LogP contribution in [0.1, 0.15) is 27.9 Å². The van der Waals surface area contributed by atoms with E-state index in [9.17, 15) is 9.59 Å². The number of carbonyl (C=O) groups excluding carboxylic acids is 1. The third-order valence-electron chi connectivity index (χ3n) is 3.68. The maximum absolute atomic E-state index is 12.6. The van der Waals surface area contributed by atoms with Gasteiger partial charge in [-0.25, -0.2) is 4.79 Å². The molecule has 1 aromatic carbocycles. The van der Waals surface area contributed by atoms with Crippen molar-refractivity contribution in [3.05, 3.63) is 41.0 Å². The lowest BCUT2D eigenvalue weighted by Gasteiger charge is -2.24. The maximum atomic E-state index is 12.6. The molecular weight excluding hydrogens is 286 g/mol. The third kappa shape index (κ3) is 3.88. The molecule has 112 valence electrons. The van der Waals surface area contributed by atoms with E-state index >= 15 is 0 Å². The van der Waals surface area contributed by atoms with Crippen LogP contribution in [0, 0.1) is 6.92 Å². The number of carboxylic acids is 1.